The highest BCUT2D eigenvalue weighted by molar-refractivity contribution is 7.89. The summed E-state index contributed by atoms with van der Waals surface area (Å²) in [6, 6.07) is 5.47. The molecule has 20 heavy (non-hydrogen) atoms. The van der Waals surface area contributed by atoms with Gasteiger partial charge >= 0.3 is 0 Å². The highest BCUT2D eigenvalue weighted by atomic mass is 32.2. The van der Waals surface area contributed by atoms with Crippen LogP contribution in [-0.4, -0.2) is 25.8 Å². The fourth-order valence-corrected chi connectivity index (χ4v) is 3.96. The van der Waals surface area contributed by atoms with Crippen LogP contribution in [0.1, 0.15) is 25.0 Å². The number of sulfonamides is 1. The number of hydrogen-bond donors (Lipinski definition) is 1. The summed E-state index contributed by atoms with van der Waals surface area (Å²) in [5.74, 6) is -0.365. The van der Waals surface area contributed by atoms with Crippen LogP contribution in [0.4, 0.5) is 5.69 Å². The lowest BCUT2D eigenvalue weighted by Gasteiger charge is -2.24. The molecule has 6 heteroatoms. The minimum Gasteiger partial charge on any atom is -0.398 e. The molecule has 2 N–H and O–H groups in total. The first kappa shape index (κ1) is 16.5. The second kappa shape index (κ2) is 6.25. The largest absolute Gasteiger partial charge is 0.398 e. The predicted molar refractivity (Wildman–Crippen MR) is 79.5 cm³/mol. The Bertz CT molecular complexity index is 633. The van der Waals surface area contributed by atoms with Crippen LogP contribution >= 0.6 is 0 Å². The number of hydrogen-bond acceptors (Lipinski definition) is 4. The third kappa shape index (κ3) is 3.11. The maximum Gasteiger partial charge on any atom is 0.245 e. The quantitative estimate of drug-likeness (QED) is 0.842. The molecule has 110 valence electrons. The number of nitrogen functional groups attached to an aromatic ring is 1. The number of rotatable bonds is 5. The summed E-state index contributed by atoms with van der Waals surface area (Å²) in [5.41, 5.74) is 7.65. The molecular formula is C14H21N3O2S. The molecule has 1 atom stereocenters. The van der Waals surface area contributed by atoms with E-state index >= 15 is 0 Å². The lowest BCUT2D eigenvalue weighted by atomic mass is 10.1. The van der Waals surface area contributed by atoms with Gasteiger partial charge in [-0.2, -0.15) is 9.57 Å². The summed E-state index contributed by atoms with van der Waals surface area (Å²) in [6.45, 7) is 7.53. The molecule has 1 unspecified atom stereocenters. The number of anilines is 1. The fourth-order valence-electron chi connectivity index (χ4n) is 2.03. The molecule has 1 aromatic rings. The molecule has 0 saturated carbocycles. The molecule has 0 fully saturated rings. The molecule has 0 spiro atoms. The molecule has 5 nitrogen and oxygen atoms in total. The highest BCUT2D eigenvalue weighted by Crippen LogP contribution is 2.28. The van der Waals surface area contributed by atoms with E-state index in [4.69, 9.17) is 11.0 Å². The number of nitriles is 1. The van der Waals surface area contributed by atoms with E-state index in [1.54, 1.807) is 32.9 Å². The minimum absolute atomic E-state index is 0.157. The predicted octanol–water partition coefficient (Wildman–Crippen LogP) is 2.06. The van der Waals surface area contributed by atoms with Crippen molar-refractivity contribution in [3.63, 3.8) is 0 Å². The first-order valence-corrected chi connectivity index (χ1v) is 7.95. The Morgan fingerprint density at radius 3 is 2.50 bits per heavy atom. The molecular weight excluding hydrogens is 274 g/mol. The lowest BCUT2D eigenvalue weighted by Crippen LogP contribution is -2.35. The van der Waals surface area contributed by atoms with E-state index in [2.05, 4.69) is 6.07 Å². The van der Waals surface area contributed by atoms with Crippen molar-refractivity contribution in [3.8, 4) is 6.07 Å². The van der Waals surface area contributed by atoms with Crippen LogP contribution in [0, 0.1) is 31.1 Å². The molecule has 0 bridgehead atoms. The Morgan fingerprint density at radius 2 is 2.00 bits per heavy atom. The van der Waals surface area contributed by atoms with Gasteiger partial charge in [-0.05, 0) is 38.0 Å². The number of nitrogens with two attached hydrogens (primary N) is 1. The van der Waals surface area contributed by atoms with Gasteiger partial charge in [-0.15, -0.1) is 0 Å². The lowest BCUT2D eigenvalue weighted by molar-refractivity contribution is 0.399. The average Bonchev–Trinajstić information content (AvgIpc) is 2.39. The molecule has 0 aromatic heterocycles. The van der Waals surface area contributed by atoms with Gasteiger partial charge in [0.1, 0.15) is 4.90 Å². The van der Waals surface area contributed by atoms with Crippen LogP contribution in [0.5, 0.6) is 0 Å². The molecule has 0 amide bonds. The third-order valence-electron chi connectivity index (χ3n) is 3.36. The zero-order valence-electron chi connectivity index (χ0n) is 12.3. The van der Waals surface area contributed by atoms with Crippen molar-refractivity contribution in [1.82, 2.24) is 4.31 Å². The van der Waals surface area contributed by atoms with Crippen LogP contribution in [0.2, 0.25) is 0 Å². The van der Waals surface area contributed by atoms with Crippen molar-refractivity contribution in [2.24, 2.45) is 5.92 Å². The Labute approximate surface area is 121 Å². The smallest absolute Gasteiger partial charge is 0.245 e. The normalized spacial score (nSPS) is 13.2. The first-order chi connectivity index (χ1) is 9.25. The van der Waals surface area contributed by atoms with E-state index in [-0.39, 0.29) is 23.0 Å². The molecule has 1 rings (SSSR count). The van der Waals surface area contributed by atoms with Crippen LogP contribution in [-0.2, 0) is 10.0 Å². The third-order valence-corrected chi connectivity index (χ3v) is 5.50. The Morgan fingerprint density at radius 1 is 1.40 bits per heavy atom. The van der Waals surface area contributed by atoms with Gasteiger partial charge in [-0.3, -0.25) is 0 Å². The van der Waals surface area contributed by atoms with Crippen LogP contribution in [0.25, 0.3) is 0 Å². The molecule has 0 aliphatic carbocycles. The van der Waals surface area contributed by atoms with Gasteiger partial charge in [0.15, 0.2) is 0 Å². The molecule has 0 aliphatic heterocycles. The van der Waals surface area contributed by atoms with Crippen molar-refractivity contribution in [1.29, 1.82) is 5.26 Å². The van der Waals surface area contributed by atoms with Crippen molar-refractivity contribution in [2.45, 2.75) is 32.6 Å². The van der Waals surface area contributed by atoms with Crippen LogP contribution in [0.3, 0.4) is 0 Å². The van der Waals surface area contributed by atoms with E-state index in [9.17, 15) is 8.42 Å². The Hall–Kier alpha value is -1.58. The van der Waals surface area contributed by atoms with E-state index < -0.39 is 10.0 Å². The summed E-state index contributed by atoms with van der Waals surface area (Å²) in [4.78, 5) is 0.157. The standard InChI is InChI=1S/C14H21N3O2S/c1-5-17(9-10(2)8-15)20(18,19)14-12(4)11(3)6-7-13(14)16/h6-7,10H,5,9,16H2,1-4H3. The second-order valence-corrected chi connectivity index (χ2v) is 6.79. The minimum atomic E-state index is -3.68. The van der Waals surface area contributed by atoms with E-state index in [1.165, 1.54) is 4.31 Å². The van der Waals surface area contributed by atoms with Crippen molar-refractivity contribution in [3.05, 3.63) is 23.3 Å². The zero-order chi connectivity index (χ0) is 15.5. The van der Waals surface area contributed by atoms with Gasteiger partial charge in [0.2, 0.25) is 10.0 Å². The Kier molecular flexibility index (Phi) is 5.15. The van der Waals surface area contributed by atoms with Gasteiger partial charge in [0, 0.05) is 13.1 Å². The number of benzene rings is 1. The van der Waals surface area contributed by atoms with Crippen LogP contribution in [0.15, 0.2) is 17.0 Å². The SMILES string of the molecule is CCN(CC(C)C#N)S(=O)(=O)c1c(N)ccc(C)c1C. The van der Waals surface area contributed by atoms with E-state index in [0.717, 1.165) is 5.56 Å². The zero-order valence-corrected chi connectivity index (χ0v) is 13.2. The van der Waals surface area contributed by atoms with Crippen molar-refractivity contribution >= 4 is 15.7 Å². The van der Waals surface area contributed by atoms with Crippen LogP contribution < -0.4 is 5.73 Å². The van der Waals surface area contributed by atoms with Gasteiger partial charge in [0.25, 0.3) is 0 Å². The summed E-state index contributed by atoms with van der Waals surface area (Å²) in [5, 5.41) is 8.87. The molecule has 0 radical (unpaired) electrons. The number of nitrogens with zero attached hydrogens (tertiary/aromatic N) is 2. The number of aryl methyl sites for hydroxylation is 1. The Balaban J connectivity index is 3.36. The first-order valence-electron chi connectivity index (χ1n) is 6.51. The molecule has 0 aliphatic rings. The fraction of sp³-hybridized carbons (Fsp3) is 0.500. The van der Waals surface area contributed by atoms with E-state index in [0.29, 0.717) is 12.1 Å². The van der Waals surface area contributed by atoms with Gasteiger partial charge in [-0.25, -0.2) is 8.42 Å². The maximum atomic E-state index is 12.7. The average molecular weight is 295 g/mol. The molecule has 1 aromatic carbocycles. The second-order valence-electron chi connectivity index (χ2n) is 4.91. The van der Waals surface area contributed by atoms with Gasteiger partial charge < -0.3 is 5.73 Å². The topological polar surface area (TPSA) is 87.2 Å². The van der Waals surface area contributed by atoms with Crippen molar-refractivity contribution in [2.75, 3.05) is 18.8 Å². The molecule has 0 saturated heterocycles. The summed E-state index contributed by atoms with van der Waals surface area (Å²) >= 11 is 0. The van der Waals surface area contributed by atoms with E-state index in [1.807, 2.05) is 6.92 Å². The maximum absolute atomic E-state index is 12.7. The molecule has 0 heterocycles. The summed E-state index contributed by atoms with van der Waals surface area (Å²) in [7, 11) is -3.68. The van der Waals surface area contributed by atoms with Gasteiger partial charge in [0.05, 0.1) is 17.7 Å². The summed E-state index contributed by atoms with van der Waals surface area (Å²) < 4.78 is 26.8. The monoisotopic (exact) mass is 295 g/mol. The summed E-state index contributed by atoms with van der Waals surface area (Å²) in [6.07, 6.45) is 0. The van der Waals surface area contributed by atoms with Gasteiger partial charge in [-0.1, -0.05) is 13.0 Å². The highest BCUT2D eigenvalue weighted by Gasteiger charge is 2.28. The van der Waals surface area contributed by atoms with Crippen molar-refractivity contribution < 1.29 is 8.42 Å².